The average molecular weight is 284 g/mol. The zero-order valence-corrected chi connectivity index (χ0v) is 12.5. The number of anilines is 1. The van der Waals surface area contributed by atoms with Gasteiger partial charge < -0.3 is 15.4 Å². The van der Waals surface area contributed by atoms with Crippen molar-refractivity contribution in [2.75, 3.05) is 19.5 Å². The number of carbonyl (C=O) groups excluding carboxylic acids is 1. The molecule has 0 aromatic heterocycles. The largest absolute Gasteiger partial charge is 0.497 e. The van der Waals surface area contributed by atoms with Gasteiger partial charge in [0.2, 0.25) is 0 Å². The van der Waals surface area contributed by atoms with Gasteiger partial charge in [0.15, 0.2) is 0 Å². The molecule has 2 aromatic carbocycles. The Bertz CT molecular complexity index is 626. The van der Waals surface area contributed by atoms with E-state index in [4.69, 9.17) is 4.74 Å². The normalized spacial score (nSPS) is 11.6. The molecular formula is C17H20N2O2. The molecule has 0 fully saturated rings. The van der Waals surface area contributed by atoms with E-state index in [1.54, 1.807) is 20.2 Å². The number of ether oxygens (including phenoxy) is 1. The number of nitrogens with one attached hydrogen (secondary N) is 2. The van der Waals surface area contributed by atoms with Crippen molar-refractivity contribution in [1.29, 1.82) is 0 Å². The molecule has 2 rings (SSSR count). The van der Waals surface area contributed by atoms with Crippen LogP contribution in [0, 0.1) is 0 Å². The van der Waals surface area contributed by atoms with E-state index < -0.39 is 0 Å². The molecule has 0 aliphatic heterocycles. The van der Waals surface area contributed by atoms with Crippen LogP contribution in [0.15, 0.2) is 48.5 Å². The molecule has 110 valence electrons. The summed E-state index contributed by atoms with van der Waals surface area (Å²) >= 11 is 0. The van der Waals surface area contributed by atoms with Crippen molar-refractivity contribution in [3.05, 3.63) is 59.7 Å². The number of hydrogen-bond donors (Lipinski definition) is 2. The van der Waals surface area contributed by atoms with Gasteiger partial charge in [-0.05, 0) is 36.8 Å². The first-order valence-corrected chi connectivity index (χ1v) is 6.87. The van der Waals surface area contributed by atoms with E-state index in [0.717, 1.165) is 17.0 Å². The van der Waals surface area contributed by atoms with E-state index in [0.29, 0.717) is 5.56 Å². The predicted molar refractivity (Wildman–Crippen MR) is 84.9 cm³/mol. The van der Waals surface area contributed by atoms with Crippen LogP contribution in [0.1, 0.15) is 28.9 Å². The highest BCUT2D eigenvalue weighted by Gasteiger charge is 2.14. The molecule has 0 aliphatic rings. The Balaban J connectivity index is 2.15. The molecule has 0 saturated heterocycles. The van der Waals surface area contributed by atoms with Crippen molar-refractivity contribution in [1.82, 2.24) is 5.32 Å². The Labute approximate surface area is 125 Å². The molecule has 4 nitrogen and oxygen atoms in total. The van der Waals surface area contributed by atoms with E-state index in [-0.39, 0.29) is 11.9 Å². The third kappa shape index (κ3) is 3.54. The highest BCUT2D eigenvalue weighted by atomic mass is 16.5. The van der Waals surface area contributed by atoms with Crippen molar-refractivity contribution < 1.29 is 9.53 Å². The SMILES string of the molecule is CNc1ccccc1C(=O)N[C@H](C)c1cccc(OC)c1. The fourth-order valence-electron chi connectivity index (χ4n) is 2.17. The molecule has 0 radical (unpaired) electrons. The molecule has 2 aromatic rings. The van der Waals surface area contributed by atoms with Gasteiger partial charge in [0.1, 0.15) is 5.75 Å². The summed E-state index contributed by atoms with van der Waals surface area (Å²) in [5.74, 6) is 0.680. The second-order valence-corrected chi connectivity index (χ2v) is 4.77. The first-order chi connectivity index (χ1) is 10.2. The Morgan fingerprint density at radius 1 is 1.14 bits per heavy atom. The molecular weight excluding hydrogens is 264 g/mol. The standard InChI is InChI=1S/C17H20N2O2/c1-12(13-7-6-8-14(11-13)21-3)19-17(20)15-9-4-5-10-16(15)18-2/h4-12,18H,1-3H3,(H,19,20)/t12-/m1/s1. The number of benzene rings is 2. The maximum Gasteiger partial charge on any atom is 0.253 e. The van der Waals surface area contributed by atoms with Gasteiger partial charge in [-0.1, -0.05) is 24.3 Å². The lowest BCUT2D eigenvalue weighted by molar-refractivity contribution is 0.0940. The molecule has 0 aliphatic carbocycles. The lowest BCUT2D eigenvalue weighted by atomic mass is 10.1. The molecule has 0 spiro atoms. The maximum absolute atomic E-state index is 12.4. The smallest absolute Gasteiger partial charge is 0.253 e. The van der Waals surface area contributed by atoms with Crippen molar-refractivity contribution in [2.45, 2.75) is 13.0 Å². The van der Waals surface area contributed by atoms with Crippen LogP contribution in [0.25, 0.3) is 0 Å². The van der Waals surface area contributed by atoms with Gasteiger partial charge in [0, 0.05) is 12.7 Å². The molecule has 0 unspecified atom stereocenters. The van der Waals surface area contributed by atoms with Gasteiger partial charge in [0.05, 0.1) is 18.7 Å². The van der Waals surface area contributed by atoms with Gasteiger partial charge in [-0.15, -0.1) is 0 Å². The number of carbonyl (C=O) groups is 1. The Hall–Kier alpha value is -2.49. The van der Waals surface area contributed by atoms with Crippen LogP contribution in [-0.2, 0) is 0 Å². The first kappa shape index (κ1) is 14.9. The van der Waals surface area contributed by atoms with Crippen LogP contribution in [0.5, 0.6) is 5.75 Å². The summed E-state index contributed by atoms with van der Waals surface area (Å²) in [6.07, 6.45) is 0. The molecule has 0 saturated carbocycles. The number of para-hydroxylation sites is 1. The highest BCUT2D eigenvalue weighted by molar-refractivity contribution is 5.99. The van der Waals surface area contributed by atoms with Crippen LogP contribution in [0.4, 0.5) is 5.69 Å². The summed E-state index contributed by atoms with van der Waals surface area (Å²) in [6.45, 7) is 1.95. The summed E-state index contributed by atoms with van der Waals surface area (Å²) in [5.41, 5.74) is 2.45. The van der Waals surface area contributed by atoms with Crippen LogP contribution in [0.2, 0.25) is 0 Å². The zero-order valence-electron chi connectivity index (χ0n) is 12.5. The van der Waals surface area contributed by atoms with E-state index in [2.05, 4.69) is 10.6 Å². The number of rotatable bonds is 5. The number of methoxy groups -OCH3 is 1. The van der Waals surface area contributed by atoms with Crippen LogP contribution < -0.4 is 15.4 Å². The van der Waals surface area contributed by atoms with Crippen molar-refractivity contribution >= 4 is 11.6 Å². The second kappa shape index (κ2) is 6.79. The molecule has 1 amide bonds. The highest BCUT2D eigenvalue weighted by Crippen LogP contribution is 2.20. The first-order valence-electron chi connectivity index (χ1n) is 6.87. The van der Waals surface area contributed by atoms with Gasteiger partial charge in [-0.2, -0.15) is 0 Å². The third-order valence-corrected chi connectivity index (χ3v) is 3.38. The van der Waals surface area contributed by atoms with Gasteiger partial charge in [0.25, 0.3) is 5.91 Å². The van der Waals surface area contributed by atoms with E-state index in [1.165, 1.54) is 0 Å². The quantitative estimate of drug-likeness (QED) is 0.886. The van der Waals surface area contributed by atoms with Gasteiger partial charge in [-0.25, -0.2) is 0 Å². The topological polar surface area (TPSA) is 50.4 Å². The van der Waals surface area contributed by atoms with Gasteiger partial charge in [-0.3, -0.25) is 4.79 Å². The third-order valence-electron chi connectivity index (χ3n) is 3.38. The summed E-state index contributed by atoms with van der Waals surface area (Å²) in [7, 11) is 3.43. The Morgan fingerprint density at radius 2 is 1.90 bits per heavy atom. The van der Waals surface area contributed by atoms with Gasteiger partial charge >= 0.3 is 0 Å². The molecule has 4 heteroatoms. The number of amides is 1. The van der Waals surface area contributed by atoms with Crippen LogP contribution in [-0.4, -0.2) is 20.1 Å². The molecule has 21 heavy (non-hydrogen) atoms. The summed E-state index contributed by atoms with van der Waals surface area (Å²) in [5, 5.41) is 6.03. The molecule has 1 atom stereocenters. The lowest BCUT2D eigenvalue weighted by Gasteiger charge is -2.16. The number of hydrogen-bond acceptors (Lipinski definition) is 3. The van der Waals surface area contributed by atoms with Crippen molar-refractivity contribution in [3.8, 4) is 5.75 Å². The molecule has 0 bridgehead atoms. The van der Waals surface area contributed by atoms with E-state index >= 15 is 0 Å². The van der Waals surface area contributed by atoms with Crippen molar-refractivity contribution in [3.63, 3.8) is 0 Å². The molecule has 2 N–H and O–H groups in total. The van der Waals surface area contributed by atoms with Crippen LogP contribution in [0.3, 0.4) is 0 Å². The Kier molecular flexibility index (Phi) is 4.82. The monoisotopic (exact) mass is 284 g/mol. The summed E-state index contributed by atoms with van der Waals surface area (Å²) in [6, 6.07) is 15.0. The van der Waals surface area contributed by atoms with E-state index in [9.17, 15) is 4.79 Å². The van der Waals surface area contributed by atoms with Crippen LogP contribution >= 0.6 is 0 Å². The van der Waals surface area contributed by atoms with Crippen molar-refractivity contribution in [2.24, 2.45) is 0 Å². The van der Waals surface area contributed by atoms with E-state index in [1.807, 2.05) is 49.4 Å². The Morgan fingerprint density at radius 3 is 2.62 bits per heavy atom. The fourth-order valence-corrected chi connectivity index (χ4v) is 2.17. The minimum atomic E-state index is -0.102. The summed E-state index contributed by atoms with van der Waals surface area (Å²) in [4.78, 5) is 12.4. The summed E-state index contributed by atoms with van der Waals surface area (Å²) < 4.78 is 5.21. The minimum Gasteiger partial charge on any atom is -0.497 e. The minimum absolute atomic E-state index is 0.0995. The lowest BCUT2D eigenvalue weighted by Crippen LogP contribution is -2.27. The predicted octanol–water partition coefficient (Wildman–Crippen LogP) is 3.23. The molecule has 0 heterocycles. The fraction of sp³-hybridized carbons (Fsp3) is 0.235. The maximum atomic E-state index is 12.4. The average Bonchev–Trinajstić information content (AvgIpc) is 2.54. The second-order valence-electron chi connectivity index (χ2n) is 4.77. The zero-order chi connectivity index (χ0) is 15.2.